The molecule has 156 valence electrons. The summed E-state index contributed by atoms with van der Waals surface area (Å²) in [7, 11) is 0. The van der Waals surface area contributed by atoms with Crippen molar-refractivity contribution in [1.29, 1.82) is 0 Å². The minimum absolute atomic E-state index is 0.320. The van der Waals surface area contributed by atoms with E-state index in [-0.39, 0.29) is 6.54 Å². The van der Waals surface area contributed by atoms with Crippen molar-refractivity contribution in [3.8, 4) is 22.4 Å². The quantitative estimate of drug-likeness (QED) is 0.457. The van der Waals surface area contributed by atoms with Gasteiger partial charge in [-0.3, -0.25) is 19.3 Å². The van der Waals surface area contributed by atoms with Crippen LogP contribution in [0.25, 0.3) is 22.4 Å². The SMILES string of the molecule is O=C(CN1C(=O)c2ccccc2C1=O)Nc1nc(-c2ccc(-c3ccccc3)cc2)cs1. The highest BCUT2D eigenvalue weighted by atomic mass is 32.1. The molecule has 0 saturated heterocycles. The first kappa shape index (κ1) is 19.8. The predicted molar refractivity (Wildman–Crippen MR) is 123 cm³/mol. The number of benzene rings is 3. The third-order valence-electron chi connectivity index (χ3n) is 5.22. The molecular weight excluding hydrogens is 422 g/mol. The summed E-state index contributed by atoms with van der Waals surface area (Å²) in [5, 5.41) is 4.95. The van der Waals surface area contributed by atoms with Crippen LogP contribution >= 0.6 is 11.3 Å². The van der Waals surface area contributed by atoms with Crippen molar-refractivity contribution in [2.45, 2.75) is 0 Å². The topological polar surface area (TPSA) is 79.4 Å². The molecule has 0 saturated carbocycles. The summed E-state index contributed by atoms with van der Waals surface area (Å²) in [4.78, 5) is 42.7. The minimum Gasteiger partial charge on any atom is -0.300 e. The molecule has 0 radical (unpaired) electrons. The van der Waals surface area contributed by atoms with Gasteiger partial charge in [-0.15, -0.1) is 11.3 Å². The molecule has 2 heterocycles. The Balaban J connectivity index is 1.25. The molecule has 1 N–H and O–H groups in total. The molecule has 7 heteroatoms. The Labute approximate surface area is 188 Å². The number of nitrogens with one attached hydrogen (secondary N) is 1. The van der Waals surface area contributed by atoms with Crippen molar-refractivity contribution >= 4 is 34.2 Å². The van der Waals surface area contributed by atoms with Crippen LogP contribution in [0.2, 0.25) is 0 Å². The molecule has 0 spiro atoms. The maximum Gasteiger partial charge on any atom is 0.262 e. The van der Waals surface area contributed by atoms with Gasteiger partial charge in [0.1, 0.15) is 6.54 Å². The molecule has 0 bridgehead atoms. The Morgan fingerprint density at radius 3 is 2.00 bits per heavy atom. The molecule has 32 heavy (non-hydrogen) atoms. The van der Waals surface area contributed by atoms with Crippen LogP contribution in [0.5, 0.6) is 0 Å². The van der Waals surface area contributed by atoms with Gasteiger partial charge in [0.2, 0.25) is 5.91 Å². The lowest BCUT2D eigenvalue weighted by Gasteiger charge is -2.12. The fourth-order valence-electron chi connectivity index (χ4n) is 3.61. The standard InChI is InChI=1S/C25H17N3O3S/c29-22(14-28-23(30)19-8-4-5-9-20(19)24(28)31)27-25-26-21(15-32-25)18-12-10-17(11-13-18)16-6-2-1-3-7-16/h1-13,15H,14H2,(H,26,27,29). The average Bonchev–Trinajstić information content (AvgIpc) is 3.39. The van der Waals surface area contributed by atoms with E-state index in [2.05, 4.69) is 22.4 Å². The van der Waals surface area contributed by atoms with Crippen molar-refractivity contribution in [2.24, 2.45) is 0 Å². The zero-order chi connectivity index (χ0) is 22.1. The summed E-state index contributed by atoms with van der Waals surface area (Å²) in [5.41, 5.74) is 4.56. The lowest BCUT2D eigenvalue weighted by molar-refractivity contribution is -0.116. The first-order valence-electron chi connectivity index (χ1n) is 9.96. The van der Waals surface area contributed by atoms with E-state index in [1.807, 2.05) is 47.8 Å². The third kappa shape index (κ3) is 3.70. The van der Waals surface area contributed by atoms with Gasteiger partial charge in [-0.1, -0.05) is 66.7 Å². The molecule has 0 unspecified atom stereocenters. The first-order chi connectivity index (χ1) is 15.6. The number of hydrogen-bond acceptors (Lipinski definition) is 5. The Hall–Kier alpha value is -4.10. The molecule has 1 aliphatic rings. The minimum atomic E-state index is -0.472. The lowest BCUT2D eigenvalue weighted by Crippen LogP contribution is -2.37. The van der Waals surface area contributed by atoms with Crippen molar-refractivity contribution in [3.05, 3.63) is 95.4 Å². The van der Waals surface area contributed by atoms with Gasteiger partial charge in [-0.25, -0.2) is 4.98 Å². The van der Waals surface area contributed by atoms with Gasteiger partial charge in [0.15, 0.2) is 5.13 Å². The Kier molecular flexibility index (Phi) is 5.09. The Morgan fingerprint density at radius 1 is 0.781 bits per heavy atom. The van der Waals surface area contributed by atoms with Gasteiger partial charge in [0.05, 0.1) is 16.8 Å². The van der Waals surface area contributed by atoms with Gasteiger partial charge in [0, 0.05) is 10.9 Å². The summed E-state index contributed by atoms with van der Waals surface area (Å²) in [6.45, 7) is -0.354. The van der Waals surface area contributed by atoms with Gasteiger partial charge in [-0.2, -0.15) is 0 Å². The third-order valence-corrected chi connectivity index (χ3v) is 5.98. The number of nitrogens with zero attached hydrogens (tertiary/aromatic N) is 2. The van der Waals surface area contributed by atoms with E-state index in [0.29, 0.717) is 16.3 Å². The highest BCUT2D eigenvalue weighted by Gasteiger charge is 2.36. The highest BCUT2D eigenvalue weighted by Crippen LogP contribution is 2.28. The van der Waals surface area contributed by atoms with Crippen LogP contribution in [0.1, 0.15) is 20.7 Å². The number of anilines is 1. The number of fused-ring (bicyclic) bond motifs is 1. The molecule has 3 aromatic carbocycles. The summed E-state index contributed by atoms with van der Waals surface area (Å²) >= 11 is 1.29. The summed E-state index contributed by atoms with van der Waals surface area (Å²) in [6, 6.07) is 24.7. The van der Waals surface area contributed by atoms with Crippen LogP contribution < -0.4 is 5.32 Å². The van der Waals surface area contributed by atoms with Crippen LogP contribution in [-0.2, 0) is 4.79 Å². The highest BCUT2D eigenvalue weighted by molar-refractivity contribution is 7.14. The fraction of sp³-hybridized carbons (Fsp3) is 0.0400. The van der Waals surface area contributed by atoms with Gasteiger partial charge < -0.3 is 5.32 Å². The lowest BCUT2D eigenvalue weighted by atomic mass is 10.0. The van der Waals surface area contributed by atoms with Gasteiger partial charge in [-0.05, 0) is 23.3 Å². The normalized spacial score (nSPS) is 12.7. The molecule has 1 aliphatic heterocycles. The monoisotopic (exact) mass is 439 g/mol. The smallest absolute Gasteiger partial charge is 0.262 e. The van der Waals surface area contributed by atoms with Gasteiger partial charge >= 0.3 is 0 Å². The maximum atomic E-state index is 12.5. The maximum absolute atomic E-state index is 12.5. The van der Waals surface area contributed by atoms with Crippen LogP contribution in [0, 0.1) is 0 Å². The number of carbonyl (C=O) groups excluding carboxylic acids is 3. The number of rotatable bonds is 5. The first-order valence-corrected chi connectivity index (χ1v) is 10.8. The summed E-state index contributed by atoms with van der Waals surface area (Å²) in [5.74, 6) is -1.39. The zero-order valence-corrected chi connectivity index (χ0v) is 17.6. The number of imide groups is 1. The van der Waals surface area contributed by atoms with E-state index in [4.69, 9.17) is 0 Å². The van der Waals surface area contributed by atoms with E-state index in [1.54, 1.807) is 24.3 Å². The second-order valence-electron chi connectivity index (χ2n) is 7.27. The molecule has 4 aromatic rings. The fourth-order valence-corrected chi connectivity index (χ4v) is 4.35. The largest absolute Gasteiger partial charge is 0.300 e. The van der Waals surface area contributed by atoms with E-state index < -0.39 is 17.7 Å². The number of hydrogen-bond donors (Lipinski definition) is 1. The van der Waals surface area contributed by atoms with E-state index in [0.717, 1.165) is 27.3 Å². The van der Waals surface area contributed by atoms with Crippen LogP contribution in [0.3, 0.4) is 0 Å². The summed E-state index contributed by atoms with van der Waals surface area (Å²) in [6.07, 6.45) is 0. The van der Waals surface area contributed by atoms with Crippen LogP contribution in [-0.4, -0.2) is 34.2 Å². The number of carbonyl (C=O) groups is 3. The predicted octanol–water partition coefficient (Wildman–Crippen LogP) is 4.71. The van der Waals surface area contributed by atoms with E-state index in [9.17, 15) is 14.4 Å². The number of aromatic nitrogens is 1. The zero-order valence-electron chi connectivity index (χ0n) is 16.8. The molecule has 0 atom stereocenters. The van der Waals surface area contributed by atoms with Crippen LogP contribution in [0.4, 0.5) is 5.13 Å². The second-order valence-corrected chi connectivity index (χ2v) is 8.13. The van der Waals surface area contributed by atoms with Gasteiger partial charge in [0.25, 0.3) is 11.8 Å². The molecule has 6 nitrogen and oxygen atoms in total. The molecule has 3 amide bonds. The molecule has 1 aromatic heterocycles. The van der Waals surface area contributed by atoms with Crippen LogP contribution in [0.15, 0.2) is 84.2 Å². The second kappa shape index (κ2) is 8.20. The van der Waals surface area contributed by atoms with Crippen molar-refractivity contribution < 1.29 is 14.4 Å². The van der Waals surface area contributed by atoms with Crippen molar-refractivity contribution in [3.63, 3.8) is 0 Å². The Morgan fingerprint density at radius 2 is 1.34 bits per heavy atom. The molecule has 5 rings (SSSR count). The molecule has 0 aliphatic carbocycles. The van der Waals surface area contributed by atoms with E-state index in [1.165, 1.54) is 11.3 Å². The number of thiazole rings is 1. The van der Waals surface area contributed by atoms with Crippen molar-refractivity contribution in [2.75, 3.05) is 11.9 Å². The number of amides is 3. The Bertz CT molecular complexity index is 1300. The average molecular weight is 439 g/mol. The summed E-state index contributed by atoms with van der Waals surface area (Å²) < 4.78 is 0. The van der Waals surface area contributed by atoms with Crippen molar-refractivity contribution in [1.82, 2.24) is 9.88 Å². The molecular formula is C25H17N3O3S. The molecule has 0 fully saturated rings. The van der Waals surface area contributed by atoms with E-state index >= 15 is 0 Å².